The molecule has 0 radical (unpaired) electrons. The van der Waals surface area contributed by atoms with Crippen LogP contribution in [0.15, 0.2) is 0 Å². The third kappa shape index (κ3) is 6.65. The van der Waals surface area contributed by atoms with Gasteiger partial charge in [0.05, 0.1) is 6.07 Å². The first kappa shape index (κ1) is 16.4. The molecule has 0 fully saturated rings. The van der Waals surface area contributed by atoms with E-state index in [-0.39, 0.29) is 0 Å². The molecule has 1 atom stereocenters. The van der Waals surface area contributed by atoms with Crippen LogP contribution >= 0.6 is 0 Å². The van der Waals surface area contributed by atoms with Crippen LogP contribution in [0, 0.1) is 11.3 Å². The van der Waals surface area contributed by atoms with Gasteiger partial charge in [0.15, 0.2) is 0 Å². The second-order valence-electron chi connectivity index (χ2n) is 5.62. The smallest absolute Gasteiger partial charge is 0.105 e. The first-order valence-corrected chi connectivity index (χ1v) is 6.77. The van der Waals surface area contributed by atoms with Gasteiger partial charge in [-0.1, -0.05) is 6.92 Å². The van der Waals surface area contributed by atoms with Gasteiger partial charge in [-0.25, -0.2) is 0 Å². The van der Waals surface area contributed by atoms with E-state index in [0.717, 1.165) is 19.5 Å². The predicted molar refractivity (Wildman–Crippen MR) is 73.9 cm³/mol. The molecule has 0 spiro atoms. The Hall–Kier alpha value is -0.590. The Labute approximate surface area is 107 Å². The van der Waals surface area contributed by atoms with Gasteiger partial charge in [-0.3, -0.25) is 5.32 Å². The van der Waals surface area contributed by atoms with E-state index in [4.69, 9.17) is 0 Å². The normalized spacial score (nSPS) is 15.3. The lowest BCUT2D eigenvalue weighted by Crippen LogP contribution is -2.47. The van der Waals surface area contributed by atoms with Gasteiger partial charge in [-0.15, -0.1) is 0 Å². The highest BCUT2D eigenvalue weighted by atomic mass is 15.1. The van der Waals surface area contributed by atoms with Gasteiger partial charge < -0.3 is 4.90 Å². The molecule has 0 bridgehead atoms. The van der Waals surface area contributed by atoms with Crippen molar-refractivity contribution in [3.8, 4) is 6.07 Å². The van der Waals surface area contributed by atoms with Crippen molar-refractivity contribution in [2.45, 2.75) is 72.0 Å². The molecule has 0 heterocycles. The lowest BCUT2D eigenvalue weighted by atomic mass is 9.98. The molecule has 0 aromatic rings. The summed E-state index contributed by atoms with van der Waals surface area (Å²) in [5.41, 5.74) is -0.408. The first-order valence-electron chi connectivity index (χ1n) is 6.77. The minimum absolute atomic E-state index is 0.346. The molecular weight excluding hydrogens is 210 g/mol. The van der Waals surface area contributed by atoms with Crippen molar-refractivity contribution in [3.05, 3.63) is 0 Å². The topological polar surface area (TPSA) is 39.1 Å². The van der Waals surface area contributed by atoms with Gasteiger partial charge in [-0.2, -0.15) is 5.26 Å². The summed E-state index contributed by atoms with van der Waals surface area (Å²) in [5, 5.41) is 12.6. The van der Waals surface area contributed by atoms with Crippen molar-refractivity contribution in [2.24, 2.45) is 0 Å². The van der Waals surface area contributed by atoms with E-state index in [1.54, 1.807) is 0 Å². The number of nitrogens with one attached hydrogen (secondary N) is 1. The first-order chi connectivity index (χ1) is 7.84. The van der Waals surface area contributed by atoms with E-state index in [2.05, 4.69) is 50.9 Å². The van der Waals surface area contributed by atoms with Gasteiger partial charge in [-0.05, 0) is 54.0 Å². The average molecular weight is 239 g/mol. The SMILES string of the molecule is CCCN(CCC(C)(C#N)NC(C)C)C(C)C. The van der Waals surface area contributed by atoms with Crippen LogP contribution in [0.4, 0.5) is 0 Å². The van der Waals surface area contributed by atoms with Crippen molar-refractivity contribution in [3.63, 3.8) is 0 Å². The molecular formula is C14H29N3. The maximum atomic E-state index is 9.28. The third-order valence-corrected chi connectivity index (χ3v) is 2.99. The Morgan fingerprint density at radius 2 is 1.82 bits per heavy atom. The van der Waals surface area contributed by atoms with Gasteiger partial charge in [0.1, 0.15) is 5.54 Å². The highest BCUT2D eigenvalue weighted by molar-refractivity contribution is 5.04. The lowest BCUT2D eigenvalue weighted by molar-refractivity contribution is 0.199. The number of nitrogens with zero attached hydrogens (tertiary/aromatic N) is 2. The van der Waals surface area contributed by atoms with E-state index in [1.165, 1.54) is 6.42 Å². The zero-order chi connectivity index (χ0) is 13.5. The fourth-order valence-corrected chi connectivity index (χ4v) is 2.08. The van der Waals surface area contributed by atoms with Crippen LogP contribution in [-0.2, 0) is 0 Å². The van der Waals surface area contributed by atoms with Crippen LogP contribution in [0.25, 0.3) is 0 Å². The summed E-state index contributed by atoms with van der Waals surface area (Å²) < 4.78 is 0. The molecule has 17 heavy (non-hydrogen) atoms. The van der Waals surface area contributed by atoms with Crippen molar-refractivity contribution < 1.29 is 0 Å². The highest BCUT2D eigenvalue weighted by Gasteiger charge is 2.25. The summed E-state index contributed by atoms with van der Waals surface area (Å²) in [5.74, 6) is 0. The molecule has 0 aromatic heterocycles. The Bertz CT molecular complexity index is 242. The van der Waals surface area contributed by atoms with E-state index in [9.17, 15) is 5.26 Å². The summed E-state index contributed by atoms with van der Waals surface area (Å²) in [6.07, 6.45) is 2.04. The van der Waals surface area contributed by atoms with Gasteiger partial charge in [0.25, 0.3) is 0 Å². The quantitative estimate of drug-likeness (QED) is 0.708. The zero-order valence-corrected chi connectivity index (χ0v) is 12.4. The Kier molecular flexibility index (Phi) is 7.41. The summed E-state index contributed by atoms with van der Waals surface area (Å²) in [6, 6.07) is 3.31. The summed E-state index contributed by atoms with van der Waals surface area (Å²) in [4.78, 5) is 2.44. The fraction of sp³-hybridized carbons (Fsp3) is 0.929. The van der Waals surface area contributed by atoms with Crippen LogP contribution < -0.4 is 5.32 Å². The van der Waals surface area contributed by atoms with E-state index in [1.807, 2.05) is 6.92 Å². The van der Waals surface area contributed by atoms with E-state index >= 15 is 0 Å². The van der Waals surface area contributed by atoms with Crippen molar-refractivity contribution in [1.29, 1.82) is 5.26 Å². The molecule has 0 aliphatic rings. The van der Waals surface area contributed by atoms with Crippen LogP contribution in [0.5, 0.6) is 0 Å². The highest BCUT2D eigenvalue weighted by Crippen LogP contribution is 2.12. The molecule has 3 nitrogen and oxygen atoms in total. The molecule has 3 heteroatoms. The van der Waals surface area contributed by atoms with Crippen LogP contribution in [0.2, 0.25) is 0 Å². The maximum absolute atomic E-state index is 9.28. The maximum Gasteiger partial charge on any atom is 0.105 e. The van der Waals surface area contributed by atoms with Crippen molar-refractivity contribution >= 4 is 0 Å². The minimum atomic E-state index is -0.408. The Morgan fingerprint density at radius 3 is 2.18 bits per heavy atom. The molecule has 0 aliphatic carbocycles. The number of hydrogen-bond donors (Lipinski definition) is 1. The van der Waals surface area contributed by atoms with Crippen LogP contribution in [0.1, 0.15) is 54.4 Å². The summed E-state index contributed by atoms with van der Waals surface area (Å²) >= 11 is 0. The lowest BCUT2D eigenvalue weighted by Gasteiger charge is -2.31. The van der Waals surface area contributed by atoms with Crippen LogP contribution in [-0.4, -0.2) is 35.6 Å². The summed E-state index contributed by atoms with van der Waals surface area (Å²) in [7, 11) is 0. The molecule has 0 saturated heterocycles. The second kappa shape index (κ2) is 7.68. The minimum Gasteiger partial charge on any atom is -0.301 e. The Balaban J connectivity index is 4.34. The standard InChI is InChI=1S/C14H29N3/c1-7-9-17(13(4)5)10-8-14(6,11-15)16-12(2)3/h12-13,16H,7-10H2,1-6H3. The zero-order valence-electron chi connectivity index (χ0n) is 12.4. The van der Waals surface area contributed by atoms with Crippen molar-refractivity contribution in [2.75, 3.05) is 13.1 Å². The predicted octanol–water partition coefficient (Wildman–Crippen LogP) is 2.78. The molecule has 0 aliphatic heterocycles. The largest absolute Gasteiger partial charge is 0.301 e. The Morgan fingerprint density at radius 1 is 1.24 bits per heavy atom. The molecule has 0 aromatic carbocycles. The number of hydrogen-bond acceptors (Lipinski definition) is 3. The second-order valence-corrected chi connectivity index (χ2v) is 5.62. The van der Waals surface area contributed by atoms with Crippen molar-refractivity contribution in [1.82, 2.24) is 10.2 Å². The van der Waals surface area contributed by atoms with Gasteiger partial charge in [0, 0.05) is 18.6 Å². The van der Waals surface area contributed by atoms with Gasteiger partial charge in [0.2, 0.25) is 0 Å². The molecule has 0 saturated carbocycles. The van der Waals surface area contributed by atoms with E-state index in [0.29, 0.717) is 12.1 Å². The monoisotopic (exact) mass is 239 g/mol. The molecule has 1 N–H and O–H groups in total. The third-order valence-electron chi connectivity index (χ3n) is 2.99. The summed E-state index contributed by atoms with van der Waals surface area (Å²) in [6.45, 7) is 14.9. The van der Waals surface area contributed by atoms with Crippen LogP contribution in [0.3, 0.4) is 0 Å². The fourth-order valence-electron chi connectivity index (χ4n) is 2.08. The average Bonchev–Trinajstić information content (AvgIpc) is 2.22. The molecule has 100 valence electrons. The van der Waals surface area contributed by atoms with Gasteiger partial charge >= 0.3 is 0 Å². The number of nitriles is 1. The number of rotatable bonds is 8. The molecule has 1 unspecified atom stereocenters. The van der Waals surface area contributed by atoms with E-state index < -0.39 is 5.54 Å². The molecule has 0 amide bonds. The molecule has 0 rings (SSSR count).